The van der Waals surface area contributed by atoms with Gasteiger partial charge in [-0.1, -0.05) is 43.5 Å². The average molecular weight is 369 g/mol. The van der Waals surface area contributed by atoms with Crippen LogP contribution < -0.4 is 10.1 Å². The normalized spacial score (nSPS) is 16.4. The van der Waals surface area contributed by atoms with Crippen LogP contribution in [0.4, 0.5) is 0 Å². The highest BCUT2D eigenvalue weighted by Gasteiger charge is 2.39. The molecule has 1 aromatic heterocycles. The molecule has 0 bridgehead atoms. The predicted octanol–water partition coefficient (Wildman–Crippen LogP) is 4.16. The van der Waals surface area contributed by atoms with Crippen LogP contribution in [-0.2, 0) is 10.3 Å². The predicted molar refractivity (Wildman–Crippen MR) is 103 cm³/mol. The van der Waals surface area contributed by atoms with E-state index in [1.54, 1.807) is 19.1 Å². The van der Waals surface area contributed by atoms with Crippen molar-refractivity contribution in [1.82, 2.24) is 15.5 Å². The molecule has 2 aromatic rings. The van der Waals surface area contributed by atoms with Crippen LogP contribution >= 0.6 is 0 Å². The van der Waals surface area contributed by atoms with E-state index in [9.17, 15) is 4.79 Å². The Morgan fingerprint density at radius 3 is 2.63 bits per heavy atom. The maximum Gasteiger partial charge on any atom is 0.244 e. The molecule has 3 rings (SSSR count). The molecule has 0 radical (unpaired) electrons. The second-order valence-electron chi connectivity index (χ2n) is 7.02. The lowest BCUT2D eigenvalue weighted by Crippen LogP contribution is -2.47. The summed E-state index contributed by atoms with van der Waals surface area (Å²) in [7, 11) is 0. The van der Waals surface area contributed by atoms with E-state index >= 15 is 0 Å². The largest absolute Gasteiger partial charge is 0.494 e. The van der Waals surface area contributed by atoms with E-state index in [4.69, 9.17) is 9.26 Å². The molecule has 0 aliphatic heterocycles. The fourth-order valence-corrected chi connectivity index (χ4v) is 3.40. The maximum atomic E-state index is 12.6. The van der Waals surface area contributed by atoms with Crippen molar-refractivity contribution >= 4 is 12.0 Å². The number of rotatable bonds is 7. The fraction of sp³-hybridized carbons (Fsp3) is 0.476. The minimum absolute atomic E-state index is 0.148. The molecular formula is C21H27N3O3. The van der Waals surface area contributed by atoms with Crippen LogP contribution in [0.5, 0.6) is 5.75 Å². The highest BCUT2D eigenvalue weighted by atomic mass is 16.5. The Balaban J connectivity index is 1.66. The summed E-state index contributed by atoms with van der Waals surface area (Å²) >= 11 is 0. The number of benzene rings is 1. The lowest BCUT2D eigenvalue weighted by Gasteiger charge is -2.34. The molecular weight excluding hydrogens is 342 g/mol. The van der Waals surface area contributed by atoms with E-state index in [2.05, 4.69) is 22.4 Å². The van der Waals surface area contributed by atoms with Crippen molar-refractivity contribution in [3.8, 4) is 5.75 Å². The third-order valence-electron chi connectivity index (χ3n) is 4.81. The van der Waals surface area contributed by atoms with E-state index in [0.717, 1.165) is 49.8 Å². The van der Waals surface area contributed by atoms with Crippen molar-refractivity contribution in [1.29, 1.82) is 0 Å². The van der Waals surface area contributed by atoms with Crippen molar-refractivity contribution in [2.75, 3.05) is 6.61 Å². The summed E-state index contributed by atoms with van der Waals surface area (Å²) in [4.78, 5) is 17.0. The smallest absolute Gasteiger partial charge is 0.244 e. The minimum atomic E-state index is -0.532. The van der Waals surface area contributed by atoms with Gasteiger partial charge in [-0.2, -0.15) is 4.98 Å². The first kappa shape index (κ1) is 19.1. The number of nitrogens with one attached hydrogen (secondary N) is 1. The Morgan fingerprint density at radius 2 is 2.00 bits per heavy atom. The molecule has 1 heterocycles. The van der Waals surface area contributed by atoms with Crippen molar-refractivity contribution in [2.45, 2.75) is 57.9 Å². The van der Waals surface area contributed by atoms with Gasteiger partial charge in [0.05, 0.1) is 6.61 Å². The highest BCUT2D eigenvalue weighted by Crippen LogP contribution is 2.35. The molecule has 1 aromatic carbocycles. The van der Waals surface area contributed by atoms with Gasteiger partial charge in [0.2, 0.25) is 11.8 Å². The summed E-state index contributed by atoms with van der Waals surface area (Å²) in [6.07, 6.45) is 9.24. The lowest BCUT2D eigenvalue weighted by atomic mass is 9.81. The zero-order valence-corrected chi connectivity index (χ0v) is 16.0. The summed E-state index contributed by atoms with van der Waals surface area (Å²) in [5.41, 5.74) is 0.414. The van der Waals surface area contributed by atoms with Crippen molar-refractivity contribution < 1.29 is 14.1 Å². The zero-order chi connectivity index (χ0) is 19.1. The van der Waals surface area contributed by atoms with Gasteiger partial charge < -0.3 is 14.6 Å². The third kappa shape index (κ3) is 4.96. The van der Waals surface area contributed by atoms with Crippen LogP contribution in [0.25, 0.3) is 6.08 Å². The number of nitrogens with zero attached hydrogens (tertiary/aromatic N) is 2. The van der Waals surface area contributed by atoms with Crippen molar-refractivity contribution in [3.63, 3.8) is 0 Å². The van der Waals surface area contributed by atoms with E-state index in [1.165, 1.54) is 0 Å². The number of ether oxygens (including phenoxy) is 1. The van der Waals surface area contributed by atoms with Gasteiger partial charge in [-0.15, -0.1) is 0 Å². The SMILES string of the molecule is CCCOc1ccc(C=CC(=O)NC2(c3noc(C)n3)CCCCC2)cc1. The van der Waals surface area contributed by atoms with Gasteiger partial charge in [0.1, 0.15) is 11.3 Å². The molecule has 6 nitrogen and oxygen atoms in total. The summed E-state index contributed by atoms with van der Waals surface area (Å²) in [6, 6.07) is 7.71. The second-order valence-corrected chi connectivity index (χ2v) is 7.02. The number of aromatic nitrogens is 2. The van der Waals surface area contributed by atoms with Crippen molar-refractivity contribution in [3.05, 3.63) is 47.6 Å². The summed E-state index contributed by atoms with van der Waals surface area (Å²) in [5.74, 6) is 1.79. The molecule has 1 amide bonds. The number of hydrogen-bond acceptors (Lipinski definition) is 5. The van der Waals surface area contributed by atoms with Crippen LogP contribution in [0.3, 0.4) is 0 Å². The van der Waals surface area contributed by atoms with Crippen LogP contribution in [0.15, 0.2) is 34.9 Å². The summed E-state index contributed by atoms with van der Waals surface area (Å²) in [6.45, 7) is 4.54. The molecule has 6 heteroatoms. The van der Waals surface area contributed by atoms with E-state index in [0.29, 0.717) is 18.3 Å². The first-order valence-electron chi connectivity index (χ1n) is 9.65. The van der Waals surface area contributed by atoms with Gasteiger partial charge in [0, 0.05) is 13.0 Å². The quantitative estimate of drug-likeness (QED) is 0.742. The first-order chi connectivity index (χ1) is 13.1. The van der Waals surface area contributed by atoms with E-state index in [-0.39, 0.29) is 5.91 Å². The van der Waals surface area contributed by atoms with Crippen LogP contribution in [0.1, 0.15) is 62.7 Å². The summed E-state index contributed by atoms with van der Waals surface area (Å²) in [5, 5.41) is 7.21. The topological polar surface area (TPSA) is 77.2 Å². The molecule has 1 aliphatic carbocycles. The first-order valence-corrected chi connectivity index (χ1v) is 9.65. The van der Waals surface area contributed by atoms with Crippen LogP contribution in [0.2, 0.25) is 0 Å². The Labute approximate surface area is 160 Å². The molecule has 0 unspecified atom stereocenters. The molecule has 0 atom stereocenters. The number of aryl methyl sites for hydroxylation is 1. The van der Waals surface area contributed by atoms with Crippen LogP contribution in [0, 0.1) is 6.92 Å². The number of carbonyl (C=O) groups is 1. The number of amides is 1. The van der Waals surface area contributed by atoms with Gasteiger partial charge >= 0.3 is 0 Å². The molecule has 1 N–H and O–H groups in total. The Morgan fingerprint density at radius 1 is 1.26 bits per heavy atom. The minimum Gasteiger partial charge on any atom is -0.494 e. The third-order valence-corrected chi connectivity index (χ3v) is 4.81. The number of hydrogen-bond donors (Lipinski definition) is 1. The van der Waals surface area contributed by atoms with Gasteiger partial charge in [0.15, 0.2) is 5.82 Å². The maximum absolute atomic E-state index is 12.6. The van der Waals surface area contributed by atoms with Gasteiger partial charge in [0.25, 0.3) is 0 Å². The molecule has 1 saturated carbocycles. The van der Waals surface area contributed by atoms with Gasteiger partial charge in [-0.05, 0) is 43.0 Å². The Bertz CT molecular complexity index is 774. The Hall–Kier alpha value is -2.63. The van der Waals surface area contributed by atoms with Gasteiger partial charge in [-0.25, -0.2) is 0 Å². The van der Waals surface area contributed by atoms with E-state index < -0.39 is 5.54 Å². The molecule has 1 fully saturated rings. The monoisotopic (exact) mass is 369 g/mol. The molecule has 144 valence electrons. The molecule has 0 saturated heterocycles. The number of carbonyl (C=O) groups excluding carboxylic acids is 1. The highest BCUT2D eigenvalue weighted by molar-refractivity contribution is 5.92. The average Bonchev–Trinajstić information content (AvgIpc) is 3.13. The standard InChI is InChI=1S/C21H27N3O3/c1-3-15-26-18-10-7-17(8-11-18)9-12-19(25)23-21(13-5-4-6-14-21)20-22-16(2)27-24-20/h7-12H,3-6,13-15H2,1-2H3,(H,23,25). The zero-order valence-electron chi connectivity index (χ0n) is 16.0. The molecule has 0 spiro atoms. The molecule has 27 heavy (non-hydrogen) atoms. The fourth-order valence-electron chi connectivity index (χ4n) is 3.40. The second kappa shape index (κ2) is 8.84. The summed E-state index contributed by atoms with van der Waals surface area (Å²) < 4.78 is 10.7. The van der Waals surface area contributed by atoms with Crippen molar-refractivity contribution in [2.24, 2.45) is 0 Å². The van der Waals surface area contributed by atoms with Crippen LogP contribution in [-0.4, -0.2) is 22.7 Å². The molecule has 1 aliphatic rings. The van der Waals surface area contributed by atoms with Gasteiger partial charge in [-0.3, -0.25) is 4.79 Å². The lowest BCUT2D eigenvalue weighted by molar-refractivity contribution is -0.119. The Kier molecular flexibility index (Phi) is 6.27. The van der Waals surface area contributed by atoms with E-state index in [1.807, 2.05) is 24.3 Å².